The first-order valence-corrected chi connectivity index (χ1v) is 8.71. The molecule has 0 radical (unpaired) electrons. The molecule has 0 aliphatic carbocycles. The van der Waals surface area contributed by atoms with E-state index in [2.05, 4.69) is 23.4 Å². The zero-order valence-corrected chi connectivity index (χ0v) is 15.6. The summed E-state index contributed by atoms with van der Waals surface area (Å²) in [7, 11) is 3.23. The summed E-state index contributed by atoms with van der Waals surface area (Å²) in [5.74, 6) is 1.02. The van der Waals surface area contributed by atoms with Gasteiger partial charge in [0.2, 0.25) is 11.9 Å². The fourth-order valence-electron chi connectivity index (χ4n) is 3.47. The number of hydrogen-bond acceptors (Lipinski definition) is 4. The van der Waals surface area contributed by atoms with E-state index in [1.54, 1.807) is 14.2 Å². The molecule has 0 aromatic carbocycles. The number of rotatable bonds is 6. The van der Waals surface area contributed by atoms with Crippen molar-refractivity contribution in [3.8, 4) is 0 Å². The molecule has 136 valence electrons. The van der Waals surface area contributed by atoms with Gasteiger partial charge in [-0.3, -0.25) is 14.6 Å². The number of imidazole rings is 1. The van der Waals surface area contributed by atoms with Gasteiger partial charge in [-0.25, -0.2) is 13.9 Å². The maximum absolute atomic E-state index is 13.0. The van der Waals surface area contributed by atoms with E-state index in [-0.39, 0.29) is 18.5 Å². The molecule has 0 bridgehead atoms. The van der Waals surface area contributed by atoms with E-state index >= 15 is 0 Å². The van der Waals surface area contributed by atoms with E-state index in [0.29, 0.717) is 12.4 Å². The molecule has 1 aromatic rings. The summed E-state index contributed by atoms with van der Waals surface area (Å²) in [6.07, 6.45) is 2.12. The monoisotopic (exact) mass is 348 g/mol. The number of likely N-dealkylation sites (N-methyl/N-ethyl adjacent to an activating group) is 1. The number of methoxy groups -OCH3 is 1. The zero-order valence-electron chi connectivity index (χ0n) is 15.6. The maximum Gasteiger partial charge on any atom is 0.402 e. The third-order valence-corrected chi connectivity index (χ3v) is 5.08. The molecule has 1 aromatic heterocycles. The van der Waals surface area contributed by atoms with Gasteiger partial charge in [0.05, 0.1) is 19.7 Å². The molecule has 25 heavy (non-hydrogen) atoms. The predicted octanol–water partition coefficient (Wildman–Crippen LogP) is 1.32. The Balaban J connectivity index is 2.05. The van der Waals surface area contributed by atoms with Gasteiger partial charge in [-0.15, -0.1) is 0 Å². The molecular weight excluding hydrogens is 322 g/mol. The van der Waals surface area contributed by atoms with Crippen molar-refractivity contribution in [3.63, 3.8) is 0 Å². The van der Waals surface area contributed by atoms with E-state index in [0.717, 1.165) is 36.7 Å². The van der Waals surface area contributed by atoms with Gasteiger partial charge in [0.15, 0.2) is 0 Å². The van der Waals surface area contributed by atoms with Crippen LogP contribution >= 0.6 is 0 Å². The topological polar surface area (TPSA) is 71.0 Å². The van der Waals surface area contributed by atoms with Crippen LogP contribution in [0.3, 0.4) is 0 Å². The number of aliphatic imine (C=N–C) groups is 1. The number of aromatic nitrogens is 2. The Morgan fingerprint density at radius 3 is 2.64 bits per heavy atom. The molecule has 0 N–H and O–H groups in total. The molecule has 2 aliphatic rings. The zero-order chi connectivity index (χ0) is 18.3. The third-order valence-electron chi connectivity index (χ3n) is 5.08. The molecule has 8 nitrogen and oxygen atoms in total. The highest BCUT2D eigenvalue weighted by atomic mass is 16.5. The first-order valence-electron chi connectivity index (χ1n) is 8.71. The first-order chi connectivity index (χ1) is 11.9. The van der Waals surface area contributed by atoms with Crippen molar-refractivity contribution in [2.24, 2.45) is 4.99 Å². The van der Waals surface area contributed by atoms with E-state index in [1.807, 2.05) is 11.5 Å². The average molecular weight is 348 g/mol. The molecular formula is C17H26N5O3+. The highest BCUT2D eigenvalue weighted by Crippen LogP contribution is 2.35. The number of carbonyl (C=O) groups excluding carboxylic acids is 2. The van der Waals surface area contributed by atoms with Crippen LogP contribution in [-0.4, -0.2) is 59.4 Å². The number of unbranched alkanes of at least 4 members (excludes halogenated alkanes) is 1. The fourth-order valence-corrected chi connectivity index (χ4v) is 3.47. The van der Waals surface area contributed by atoms with Gasteiger partial charge in [0.1, 0.15) is 11.4 Å². The molecule has 0 saturated carbocycles. The second-order valence-electron chi connectivity index (χ2n) is 6.54. The minimum Gasteiger partial charge on any atom is -0.383 e. The number of fused-ring (bicyclic) bond motifs is 3. The van der Waals surface area contributed by atoms with Crippen molar-refractivity contribution in [1.29, 1.82) is 0 Å². The molecule has 3 amide bonds. The van der Waals surface area contributed by atoms with Crippen molar-refractivity contribution in [1.82, 2.24) is 14.4 Å². The lowest BCUT2D eigenvalue weighted by molar-refractivity contribution is -0.689. The highest BCUT2D eigenvalue weighted by molar-refractivity contribution is 6.20. The fraction of sp³-hybridized carbons (Fsp3) is 0.647. The van der Waals surface area contributed by atoms with Crippen LogP contribution in [0.5, 0.6) is 0 Å². The van der Waals surface area contributed by atoms with Crippen LogP contribution in [-0.2, 0) is 16.1 Å². The van der Waals surface area contributed by atoms with E-state index in [9.17, 15) is 9.59 Å². The van der Waals surface area contributed by atoms with Crippen molar-refractivity contribution in [2.45, 2.75) is 46.2 Å². The third kappa shape index (κ3) is 2.55. The summed E-state index contributed by atoms with van der Waals surface area (Å²) in [5, 5.41) is 0. The SMILES string of the molecule is CCCC[n+]1c(C)c(C)n2c1N=C1C2C(=O)N(CCOC)C(=O)N1C. The molecule has 3 heterocycles. The quantitative estimate of drug-likeness (QED) is 0.728. The van der Waals surface area contributed by atoms with Crippen molar-refractivity contribution in [3.05, 3.63) is 11.4 Å². The van der Waals surface area contributed by atoms with Crippen LogP contribution in [0.25, 0.3) is 0 Å². The first kappa shape index (κ1) is 17.6. The van der Waals surface area contributed by atoms with Crippen LogP contribution in [0, 0.1) is 13.8 Å². The summed E-state index contributed by atoms with van der Waals surface area (Å²) in [4.78, 5) is 33.0. The Morgan fingerprint density at radius 2 is 2.00 bits per heavy atom. The molecule has 1 unspecified atom stereocenters. The minimum absolute atomic E-state index is 0.238. The van der Waals surface area contributed by atoms with Gasteiger partial charge in [0.25, 0.3) is 5.91 Å². The second-order valence-corrected chi connectivity index (χ2v) is 6.54. The Labute approximate surface area is 147 Å². The molecule has 1 saturated heterocycles. The number of nitrogens with zero attached hydrogens (tertiary/aromatic N) is 5. The number of ether oxygens (including phenoxy) is 1. The Bertz CT molecular complexity index is 752. The number of urea groups is 1. The molecule has 1 atom stereocenters. The van der Waals surface area contributed by atoms with Gasteiger partial charge < -0.3 is 4.74 Å². The van der Waals surface area contributed by atoms with E-state index in [4.69, 9.17) is 4.74 Å². The Morgan fingerprint density at radius 1 is 1.28 bits per heavy atom. The summed E-state index contributed by atoms with van der Waals surface area (Å²) < 4.78 is 9.15. The number of hydrogen-bond donors (Lipinski definition) is 0. The number of carbonyl (C=O) groups is 2. The van der Waals surface area contributed by atoms with Gasteiger partial charge >= 0.3 is 12.0 Å². The largest absolute Gasteiger partial charge is 0.402 e. The van der Waals surface area contributed by atoms with Crippen LogP contribution in [0.15, 0.2) is 4.99 Å². The minimum atomic E-state index is -0.573. The van der Waals surface area contributed by atoms with Gasteiger partial charge in [-0.1, -0.05) is 18.3 Å². The van der Waals surface area contributed by atoms with Crippen molar-refractivity contribution < 1.29 is 18.9 Å². The average Bonchev–Trinajstić information content (AvgIpc) is 3.09. The van der Waals surface area contributed by atoms with Crippen LogP contribution < -0.4 is 4.57 Å². The van der Waals surface area contributed by atoms with Crippen LogP contribution in [0.4, 0.5) is 10.7 Å². The molecule has 1 fully saturated rings. The summed E-state index contributed by atoms with van der Waals surface area (Å²) >= 11 is 0. The second kappa shape index (κ2) is 6.59. The predicted molar refractivity (Wildman–Crippen MR) is 91.9 cm³/mol. The van der Waals surface area contributed by atoms with Gasteiger partial charge in [-0.2, -0.15) is 0 Å². The lowest BCUT2D eigenvalue weighted by atomic mass is 10.1. The van der Waals surface area contributed by atoms with E-state index in [1.165, 1.54) is 9.80 Å². The normalized spacial score (nSPS) is 19.4. The summed E-state index contributed by atoms with van der Waals surface area (Å²) in [6.45, 7) is 7.62. The molecule has 8 heteroatoms. The van der Waals surface area contributed by atoms with E-state index < -0.39 is 6.04 Å². The molecule has 0 spiro atoms. The summed E-state index contributed by atoms with van der Waals surface area (Å²) in [5.41, 5.74) is 2.12. The number of imide groups is 1. The molecule has 2 aliphatic heterocycles. The van der Waals surface area contributed by atoms with Crippen LogP contribution in [0.1, 0.15) is 37.2 Å². The number of amides is 3. The Kier molecular flexibility index (Phi) is 4.64. The van der Waals surface area contributed by atoms with Crippen molar-refractivity contribution >= 4 is 23.7 Å². The molecule has 3 rings (SSSR count). The smallest absolute Gasteiger partial charge is 0.383 e. The highest BCUT2D eigenvalue weighted by Gasteiger charge is 2.53. The lowest BCUT2D eigenvalue weighted by Crippen LogP contribution is -2.58. The van der Waals surface area contributed by atoms with Gasteiger partial charge in [-0.05, 0) is 20.3 Å². The van der Waals surface area contributed by atoms with Crippen molar-refractivity contribution in [2.75, 3.05) is 27.3 Å². The summed E-state index contributed by atoms with van der Waals surface area (Å²) in [6, 6.07) is -0.923. The maximum atomic E-state index is 13.0. The standard InChI is InChI=1S/C17H26N5O3/c1-6-7-8-20-11(2)12(3)22-13-14(18-16(20)22)19(4)17(24)21(15(13)23)9-10-25-5/h13H,6-10H2,1-5H3/q+1. The number of amidine groups is 1. The van der Waals surface area contributed by atoms with Gasteiger partial charge in [0, 0.05) is 14.2 Å². The Hall–Kier alpha value is -2.22. The lowest BCUT2D eigenvalue weighted by Gasteiger charge is -2.33. The van der Waals surface area contributed by atoms with Crippen LogP contribution in [0.2, 0.25) is 0 Å².